The lowest BCUT2D eigenvalue weighted by Gasteiger charge is -2.13. The lowest BCUT2D eigenvalue weighted by atomic mass is 10.2. The van der Waals surface area contributed by atoms with Crippen LogP contribution < -0.4 is 21.8 Å². The van der Waals surface area contributed by atoms with Crippen molar-refractivity contribution in [2.45, 2.75) is 6.18 Å². The average molecular weight is 425 g/mol. The number of hydrogen-bond donors (Lipinski definition) is 5. The van der Waals surface area contributed by atoms with Crippen LogP contribution in [0.5, 0.6) is 0 Å². The lowest BCUT2D eigenvalue weighted by Crippen LogP contribution is -2.22. The van der Waals surface area contributed by atoms with E-state index >= 15 is 0 Å². The van der Waals surface area contributed by atoms with Crippen LogP contribution in [0.4, 0.5) is 30.4 Å². The standard InChI is InChI=1S/C17H16ClF3N8/c18-11-7-10(17(19,20)21)9-27-16(11)26-6-5-25-12-3-1-2-4-13(12)28-29-14(8-22)15(23)24/h1-4,7,9,25,28H,5-6H2,(H3,23,24)(H,26,27)/b29-14+. The Balaban J connectivity index is 1.95. The number of nitrogens with two attached hydrogens (primary N) is 1. The molecule has 0 unspecified atom stereocenters. The number of alkyl halides is 3. The number of nitrogens with zero attached hydrogens (tertiary/aromatic N) is 3. The monoisotopic (exact) mass is 424 g/mol. The van der Waals surface area contributed by atoms with E-state index in [4.69, 9.17) is 28.0 Å². The highest BCUT2D eigenvalue weighted by Gasteiger charge is 2.31. The Kier molecular flexibility index (Phi) is 7.21. The number of para-hydroxylation sites is 2. The second-order valence-corrected chi connectivity index (χ2v) is 5.96. The summed E-state index contributed by atoms with van der Waals surface area (Å²) < 4.78 is 37.9. The molecule has 0 aliphatic heterocycles. The maximum Gasteiger partial charge on any atom is 0.417 e. The molecule has 2 rings (SSSR count). The van der Waals surface area contributed by atoms with Gasteiger partial charge in [-0.1, -0.05) is 23.7 Å². The number of benzene rings is 1. The van der Waals surface area contributed by atoms with Crippen LogP contribution in [0.1, 0.15) is 5.56 Å². The molecule has 1 aromatic carbocycles. The van der Waals surface area contributed by atoms with E-state index in [0.717, 1.165) is 6.07 Å². The normalized spacial score (nSPS) is 11.5. The largest absolute Gasteiger partial charge is 0.417 e. The van der Waals surface area contributed by atoms with Crippen molar-refractivity contribution in [3.63, 3.8) is 0 Å². The van der Waals surface area contributed by atoms with Gasteiger partial charge in [-0.05, 0) is 18.2 Å². The molecule has 0 radical (unpaired) electrons. The van der Waals surface area contributed by atoms with E-state index in [1.807, 2.05) is 0 Å². The highest BCUT2D eigenvalue weighted by Crippen LogP contribution is 2.32. The van der Waals surface area contributed by atoms with Gasteiger partial charge in [-0.2, -0.15) is 23.5 Å². The highest BCUT2D eigenvalue weighted by atomic mass is 35.5. The van der Waals surface area contributed by atoms with Gasteiger partial charge in [0.25, 0.3) is 0 Å². The molecule has 0 spiro atoms. The summed E-state index contributed by atoms with van der Waals surface area (Å²) in [6.07, 6.45) is -3.80. The fourth-order valence-corrected chi connectivity index (χ4v) is 2.33. The summed E-state index contributed by atoms with van der Waals surface area (Å²) in [5.41, 5.74) is 7.89. The SMILES string of the molecule is N#C/C(=N\Nc1ccccc1NCCNc1ncc(C(F)(F)F)cc1Cl)C(=N)N. The third kappa shape index (κ3) is 6.25. The number of aromatic nitrogens is 1. The van der Waals surface area contributed by atoms with Gasteiger partial charge in [-0.15, -0.1) is 0 Å². The molecule has 0 atom stereocenters. The summed E-state index contributed by atoms with van der Waals surface area (Å²) in [6.45, 7) is 0.686. The van der Waals surface area contributed by atoms with Crippen molar-refractivity contribution in [2.75, 3.05) is 29.1 Å². The van der Waals surface area contributed by atoms with Gasteiger partial charge in [0.1, 0.15) is 11.9 Å². The van der Waals surface area contributed by atoms with Gasteiger partial charge in [0.2, 0.25) is 5.71 Å². The third-order valence-electron chi connectivity index (χ3n) is 3.48. The van der Waals surface area contributed by atoms with Crippen molar-refractivity contribution >= 4 is 40.3 Å². The summed E-state index contributed by atoms with van der Waals surface area (Å²) in [5.74, 6) is -0.326. The molecular weight excluding hydrogens is 409 g/mol. The zero-order valence-corrected chi connectivity index (χ0v) is 15.6. The van der Waals surface area contributed by atoms with Crippen LogP contribution in [0.25, 0.3) is 0 Å². The number of halogens is 4. The number of hydrogen-bond acceptors (Lipinski definition) is 7. The molecule has 12 heteroatoms. The van der Waals surface area contributed by atoms with Gasteiger partial charge in [-0.3, -0.25) is 10.8 Å². The summed E-state index contributed by atoms with van der Waals surface area (Å²) in [4.78, 5) is 3.70. The molecule has 8 nitrogen and oxygen atoms in total. The number of amidine groups is 1. The van der Waals surface area contributed by atoms with Crippen LogP contribution in [0.3, 0.4) is 0 Å². The van der Waals surface area contributed by atoms with E-state index < -0.39 is 17.6 Å². The van der Waals surface area contributed by atoms with Crippen molar-refractivity contribution < 1.29 is 13.2 Å². The number of nitriles is 1. The molecule has 0 aliphatic carbocycles. The van der Waals surface area contributed by atoms with Crippen molar-refractivity contribution in [2.24, 2.45) is 10.8 Å². The second-order valence-electron chi connectivity index (χ2n) is 5.55. The molecule has 0 saturated carbocycles. The quantitative estimate of drug-likeness (QED) is 0.190. The molecule has 1 heterocycles. The predicted molar refractivity (Wildman–Crippen MR) is 106 cm³/mol. The number of anilines is 3. The van der Waals surface area contributed by atoms with E-state index in [9.17, 15) is 13.2 Å². The van der Waals surface area contributed by atoms with E-state index in [2.05, 4.69) is 26.1 Å². The maximum absolute atomic E-state index is 12.6. The molecule has 152 valence electrons. The van der Waals surface area contributed by atoms with Gasteiger partial charge < -0.3 is 16.4 Å². The van der Waals surface area contributed by atoms with Crippen LogP contribution in [-0.4, -0.2) is 29.6 Å². The average Bonchev–Trinajstić information content (AvgIpc) is 2.66. The molecule has 0 saturated heterocycles. The third-order valence-corrected chi connectivity index (χ3v) is 3.77. The highest BCUT2D eigenvalue weighted by molar-refractivity contribution is 6.45. The molecule has 6 N–H and O–H groups in total. The Morgan fingerprint density at radius 3 is 2.48 bits per heavy atom. The summed E-state index contributed by atoms with van der Waals surface area (Å²) in [6, 6.07) is 9.47. The molecule has 0 fully saturated rings. The van der Waals surface area contributed by atoms with Crippen LogP contribution in [0.2, 0.25) is 5.02 Å². The molecule has 29 heavy (non-hydrogen) atoms. The minimum Gasteiger partial charge on any atom is -0.382 e. The lowest BCUT2D eigenvalue weighted by molar-refractivity contribution is -0.137. The topological polar surface area (TPSA) is 135 Å². The number of hydrazone groups is 1. The molecule has 0 aliphatic rings. The minimum absolute atomic E-state index is 0.135. The summed E-state index contributed by atoms with van der Waals surface area (Å²) >= 11 is 5.84. The molecule has 1 aromatic heterocycles. The Hall–Kier alpha value is -3.52. The second kappa shape index (κ2) is 9.61. The van der Waals surface area contributed by atoms with Gasteiger partial charge >= 0.3 is 6.18 Å². The van der Waals surface area contributed by atoms with Gasteiger partial charge in [0, 0.05) is 19.3 Å². The first-order valence-corrected chi connectivity index (χ1v) is 8.48. The first kappa shape index (κ1) is 21.8. The van der Waals surface area contributed by atoms with E-state index in [0.29, 0.717) is 30.7 Å². The number of nitrogens with one attached hydrogen (secondary N) is 4. The van der Waals surface area contributed by atoms with Gasteiger partial charge in [0.15, 0.2) is 5.84 Å². The summed E-state index contributed by atoms with van der Waals surface area (Å²) in [5, 5.41) is 25.7. The Morgan fingerprint density at radius 1 is 1.24 bits per heavy atom. The Bertz CT molecular complexity index is 952. The van der Waals surface area contributed by atoms with E-state index in [1.54, 1.807) is 30.3 Å². The van der Waals surface area contributed by atoms with Gasteiger partial charge in [-0.25, -0.2) is 4.98 Å². The fourth-order valence-electron chi connectivity index (χ4n) is 2.10. The van der Waals surface area contributed by atoms with Crippen molar-refractivity contribution in [3.05, 3.63) is 47.1 Å². The number of rotatable bonds is 8. The molecule has 0 amide bonds. The van der Waals surface area contributed by atoms with Crippen molar-refractivity contribution in [1.82, 2.24) is 4.98 Å². The maximum atomic E-state index is 12.6. The molecular formula is C17H16ClF3N8. The van der Waals surface area contributed by atoms with Crippen LogP contribution >= 0.6 is 11.6 Å². The summed E-state index contributed by atoms with van der Waals surface area (Å²) in [7, 11) is 0. The van der Waals surface area contributed by atoms with Crippen molar-refractivity contribution in [1.29, 1.82) is 10.7 Å². The van der Waals surface area contributed by atoms with Crippen molar-refractivity contribution in [3.8, 4) is 6.07 Å². The minimum atomic E-state index is -4.51. The zero-order chi connectivity index (χ0) is 21.4. The Morgan fingerprint density at radius 2 is 1.90 bits per heavy atom. The first-order chi connectivity index (χ1) is 13.7. The smallest absolute Gasteiger partial charge is 0.382 e. The zero-order valence-electron chi connectivity index (χ0n) is 14.8. The van der Waals surface area contributed by atoms with E-state index in [-0.39, 0.29) is 16.6 Å². The number of pyridine rings is 1. The Labute approximate surface area is 169 Å². The van der Waals surface area contributed by atoms with Crippen LogP contribution in [-0.2, 0) is 6.18 Å². The van der Waals surface area contributed by atoms with E-state index in [1.165, 1.54) is 0 Å². The van der Waals surface area contributed by atoms with Crippen LogP contribution in [0, 0.1) is 16.7 Å². The van der Waals surface area contributed by atoms with Crippen LogP contribution in [0.15, 0.2) is 41.6 Å². The first-order valence-electron chi connectivity index (χ1n) is 8.10. The molecule has 2 aromatic rings. The van der Waals surface area contributed by atoms with Gasteiger partial charge in [0.05, 0.1) is 22.0 Å². The predicted octanol–water partition coefficient (Wildman–Crippen LogP) is 3.51. The fraction of sp³-hybridized carbons (Fsp3) is 0.176. The molecule has 0 bridgehead atoms.